The Kier molecular flexibility index (Phi) is 5.38. The second-order valence-electron chi connectivity index (χ2n) is 7.02. The zero-order chi connectivity index (χ0) is 19.6. The van der Waals surface area contributed by atoms with E-state index in [4.69, 9.17) is 10.5 Å². The van der Waals surface area contributed by atoms with Gasteiger partial charge in [-0.15, -0.1) is 0 Å². The molecule has 3 rings (SSSR count). The van der Waals surface area contributed by atoms with Crippen molar-refractivity contribution in [3.05, 3.63) is 34.9 Å². The molecule has 27 heavy (non-hydrogen) atoms. The summed E-state index contributed by atoms with van der Waals surface area (Å²) in [5, 5.41) is 4.27. The number of fused-ring (bicyclic) bond motifs is 1. The van der Waals surface area contributed by atoms with Crippen LogP contribution >= 0.6 is 0 Å². The molecule has 1 aliphatic rings. The minimum Gasteiger partial charge on any atom is -0.464 e. The van der Waals surface area contributed by atoms with Crippen LogP contribution in [0, 0.1) is 5.92 Å². The molecule has 0 fully saturated rings. The van der Waals surface area contributed by atoms with E-state index in [2.05, 4.69) is 28.9 Å². The van der Waals surface area contributed by atoms with Gasteiger partial charge in [0.25, 0.3) is 5.91 Å². The van der Waals surface area contributed by atoms with Crippen LogP contribution in [0.15, 0.2) is 12.1 Å². The Morgan fingerprint density at radius 1 is 1.22 bits per heavy atom. The van der Waals surface area contributed by atoms with E-state index in [-0.39, 0.29) is 17.5 Å². The topological polar surface area (TPSA) is 116 Å². The van der Waals surface area contributed by atoms with Crippen molar-refractivity contribution in [2.24, 2.45) is 5.92 Å². The number of aryl methyl sites for hydroxylation is 1. The zero-order valence-electron chi connectivity index (χ0n) is 15.8. The number of rotatable bonds is 4. The summed E-state index contributed by atoms with van der Waals surface area (Å²) in [6, 6.07) is 3.37. The predicted molar refractivity (Wildman–Crippen MR) is 97.9 cm³/mol. The summed E-state index contributed by atoms with van der Waals surface area (Å²) in [5.74, 6) is -0.199. The average Bonchev–Trinajstić information content (AvgIpc) is 2.91. The van der Waals surface area contributed by atoms with Gasteiger partial charge < -0.3 is 15.4 Å². The van der Waals surface area contributed by atoms with Gasteiger partial charge in [-0.05, 0) is 30.9 Å². The Labute approximate surface area is 157 Å². The normalized spacial score (nSPS) is 14.0. The number of amides is 1. The number of carbonyl (C=O) groups is 2. The Morgan fingerprint density at radius 3 is 2.70 bits per heavy atom. The van der Waals surface area contributed by atoms with Gasteiger partial charge in [0, 0.05) is 18.8 Å². The second kappa shape index (κ2) is 7.73. The molecule has 0 spiro atoms. The summed E-state index contributed by atoms with van der Waals surface area (Å²) in [6.07, 6.45) is 1.45. The molecule has 3 heterocycles. The van der Waals surface area contributed by atoms with Crippen LogP contribution in [-0.4, -0.2) is 50.2 Å². The minimum atomic E-state index is -0.490. The SMILES string of the molecule is COC(=O)c1cc2n(n1)CCCN(C(=O)c1cc(CC(C)C)nc(N)n1)C2. The van der Waals surface area contributed by atoms with Crippen LogP contribution in [0.25, 0.3) is 0 Å². The van der Waals surface area contributed by atoms with Gasteiger partial charge in [0.05, 0.1) is 19.3 Å². The van der Waals surface area contributed by atoms with Crippen molar-refractivity contribution in [1.29, 1.82) is 0 Å². The van der Waals surface area contributed by atoms with E-state index in [1.807, 2.05) is 0 Å². The molecule has 1 amide bonds. The van der Waals surface area contributed by atoms with Gasteiger partial charge in [0.2, 0.25) is 5.95 Å². The van der Waals surface area contributed by atoms with Crippen LogP contribution < -0.4 is 5.73 Å². The van der Waals surface area contributed by atoms with Gasteiger partial charge in [0.1, 0.15) is 5.69 Å². The average molecular weight is 372 g/mol. The lowest BCUT2D eigenvalue weighted by Crippen LogP contribution is -2.31. The third kappa shape index (κ3) is 4.24. The maximum absolute atomic E-state index is 13.0. The minimum absolute atomic E-state index is 0.101. The van der Waals surface area contributed by atoms with E-state index >= 15 is 0 Å². The molecule has 0 atom stereocenters. The van der Waals surface area contributed by atoms with Crippen molar-refractivity contribution < 1.29 is 14.3 Å². The molecule has 0 aromatic carbocycles. The van der Waals surface area contributed by atoms with E-state index < -0.39 is 5.97 Å². The number of ether oxygens (including phenoxy) is 1. The summed E-state index contributed by atoms with van der Waals surface area (Å²) >= 11 is 0. The van der Waals surface area contributed by atoms with Crippen LogP contribution in [-0.2, 0) is 24.2 Å². The number of aromatic nitrogens is 4. The third-order valence-electron chi connectivity index (χ3n) is 4.33. The first-order valence-corrected chi connectivity index (χ1v) is 8.95. The third-order valence-corrected chi connectivity index (χ3v) is 4.33. The number of nitrogen functional groups attached to an aromatic ring is 1. The predicted octanol–water partition coefficient (Wildman–Crippen LogP) is 1.29. The van der Waals surface area contributed by atoms with Crippen LogP contribution in [0.2, 0.25) is 0 Å². The first-order chi connectivity index (χ1) is 12.9. The maximum Gasteiger partial charge on any atom is 0.358 e. The van der Waals surface area contributed by atoms with Crippen LogP contribution in [0.5, 0.6) is 0 Å². The number of esters is 1. The van der Waals surface area contributed by atoms with Crippen LogP contribution in [0.4, 0.5) is 5.95 Å². The number of methoxy groups -OCH3 is 1. The number of hydrogen-bond acceptors (Lipinski definition) is 7. The van der Waals surface area contributed by atoms with Gasteiger partial charge in [0.15, 0.2) is 5.69 Å². The van der Waals surface area contributed by atoms with Crippen molar-refractivity contribution >= 4 is 17.8 Å². The van der Waals surface area contributed by atoms with Crippen molar-refractivity contribution in [2.45, 2.75) is 39.8 Å². The molecule has 1 aliphatic heterocycles. The molecule has 0 aliphatic carbocycles. The lowest BCUT2D eigenvalue weighted by atomic mass is 10.1. The quantitative estimate of drug-likeness (QED) is 0.804. The van der Waals surface area contributed by atoms with E-state index in [9.17, 15) is 9.59 Å². The van der Waals surface area contributed by atoms with Crippen molar-refractivity contribution in [2.75, 3.05) is 19.4 Å². The fourth-order valence-electron chi connectivity index (χ4n) is 3.15. The highest BCUT2D eigenvalue weighted by Crippen LogP contribution is 2.17. The maximum atomic E-state index is 13.0. The van der Waals surface area contributed by atoms with Crippen molar-refractivity contribution in [3.8, 4) is 0 Å². The lowest BCUT2D eigenvalue weighted by molar-refractivity contribution is 0.0593. The van der Waals surface area contributed by atoms with Crippen molar-refractivity contribution in [3.63, 3.8) is 0 Å². The molecule has 9 heteroatoms. The summed E-state index contributed by atoms with van der Waals surface area (Å²) in [5.41, 5.74) is 7.88. The Bertz CT molecular complexity index is 861. The first-order valence-electron chi connectivity index (χ1n) is 8.95. The molecular formula is C18H24N6O3. The molecule has 2 aromatic heterocycles. The number of nitrogens with zero attached hydrogens (tertiary/aromatic N) is 5. The molecule has 9 nitrogen and oxygen atoms in total. The molecule has 0 unspecified atom stereocenters. The monoisotopic (exact) mass is 372 g/mol. The molecular weight excluding hydrogens is 348 g/mol. The molecule has 2 aromatic rings. The molecule has 0 radical (unpaired) electrons. The Hall–Kier alpha value is -2.97. The Morgan fingerprint density at radius 2 is 2.00 bits per heavy atom. The summed E-state index contributed by atoms with van der Waals surface area (Å²) in [7, 11) is 1.32. The lowest BCUT2D eigenvalue weighted by Gasteiger charge is -2.20. The van der Waals surface area contributed by atoms with E-state index in [0.717, 1.165) is 24.2 Å². The smallest absolute Gasteiger partial charge is 0.358 e. The number of carbonyl (C=O) groups excluding carboxylic acids is 2. The fraction of sp³-hybridized carbons (Fsp3) is 0.500. The summed E-state index contributed by atoms with van der Waals surface area (Å²) in [4.78, 5) is 34.8. The Balaban J connectivity index is 1.84. The summed E-state index contributed by atoms with van der Waals surface area (Å²) < 4.78 is 6.47. The summed E-state index contributed by atoms with van der Waals surface area (Å²) in [6.45, 7) is 5.69. The molecule has 2 N–H and O–H groups in total. The van der Waals surface area contributed by atoms with E-state index in [0.29, 0.717) is 31.2 Å². The van der Waals surface area contributed by atoms with Gasteiger partial charge in [-0.3, -0.25) is 9.48 Å². The molecule has 0 bridgehead atoms. The fourth-order valence-corrected chi connectivity index (χ4v) is 3.15. The number of hydrogen-bond donors (Lipinski definition) is 1. The van der Waals surface area contributed by atoms with Crippen LogP contribution in [0.3, 0.4) is 0 Å². The molecule has 0 saturated carbocycles. The van der Waals surface area contributed by atoms with Gasteiger partial charge in [-0.2, -0.15) is 5.10 Å². The van der Waals surface area contributed by atoms with Gasteiger partial charge in [-0.25, -0.2) is 14.8 Å². The van der Waals surface area contributed by atoms with Gasteiger partial charge >= 0.3 is 5.97 Å². The highest BCUT2D eigenvalue weighted by molar-refractivity contribution is 5.92. The highest BCUT2D eigenvalue weighted by atomic mass is 16.5. The van der Waals surface area contributed by atoms with E-state index in [1.54, 1.807) is 21.7 Å². The van der Waals surface area contributed by atoms with Crippen LogP contribution in [0.1, 0.15) is 52.6 Å². The highest BCUT2D eigenvalue weighted by Gasteiger charge is 2.25. The van der Waals surface area contributed by atoms with E-state index in [1.165, 1.54) is 7.11 Å². The second-order valence-corrected chi connectivity index (χ2v) is 7.02. The first kappa shape index (κ1) is 18.8. The van der Waals surface area contributed by atoms with Crippen molar-refractivity contribution in [1.82, 2.24) is 24.6 Å². The standard InChI is InChI=1S/C18H24N6O3/c1-11(2)7-12-8-14(21-18(19)20-12)16(25)23-5-4-6-24-13(10-23)9-15(22-24)17(26)27-3/h8-9,11H,4-7,10H2,1-3H3,(H2,19,20,21). The molecule has 144 valence electrons. The molecule has 0 saturated heterocycles. The largest absolute Gasteiger partial charge is 0.464 e. The number of nitrogens with two attached hydrogens (primary N) is 1. The zero-order valence-corrected chi connectivity index (χ0v) is 15.8. The van der Waals surface area contributed by atoms with Gasteiger partial charge in [-0.1, -0.05) is 13.8 Å². The number of anilines is 1.